The fraction of sp³-hybridized carbons (Fsp3) is 0.429. The number of benzene rings is 1. The molecule has 2 aromatic rings. The third-order valence-corrected chi connectivity index (χ3v) is 5.15. The molecular weight excluding hydrogens is 340 g/mol. The summed E-state index contributed by atoms with van der Waals surface area (Å²) in [5.74, 6) is 0.823. The predicted molar refractivity (Wildman–Crippen MR) is 107 cm³/mol. The molecule has 0 saturated heterocycles. The van der Waals surface area contributed by atoms with Crippen LogP contribution in [0.3, 0.4) is 0 Å². The van der Waals surface area contributed by atoms with Gasteiger partial charge in [-0.3, -0.25) is 4.98 Å². The molecule has 0 aliphatic carbocycles. The smallest absolute Gasteiger partial charge is 0.315 e. The molecular formula is C21H28N4O2. The van der Waals surface area contributed by atoms with Crippen LogP contribution in [-0.2, 0) is 13.0 Å². The molecule has 1 aromatic heterocycles. The first-order valence-corrected chi connectivity index (χ1v) is 9.36. The standard InChI is InChI=1S/C21H28N4O2/c1-14-12-23-18(16(3)20(14)27-4)13-24-21(26)22-9-10-25-15(2)11-17-7-5-6-8-19(17)25/h5-8,12,15H,9-11,13H2,1-4H3,(H2,22,24,26)/t15-/m0/s1. The molecule has 6 heteroatoms. The van der Waals surface area contributed by atoms with Gasteiger partial charge < -0.3 is 20.3 Å². The lowest BCUT2D eigenvalue weighted by molar-refractivity contribution is 0.240. The number of aromatic nitrogens is 1. The Morgan fingerprint density at radius 3 is 2.85 bits per heavy atom. The van der Waals surface area contributed by atoms with E-state index in [1.165, 1.54) is 11.3 Å². The van der Waals surface area contributed by atoms with Crippen molar-refractivity contribution in [3.8, 4) is 5.75 Å². The molecule has 0 saturated carbocycles. The SMILES string of the molecule is COc1c(C)cnc(CNC(=O)NCCN2c3ccccc3C[C@@H]2C)c1C. The first-order valence-electron chi connectivity index (χ1n) is 9.36. The first kappa shape index (κ1) is 19.0. The van der Waals surface area contributed by atoms with Gasteiger partial charge in [-0.15, -0.1) is 0 Å². The largest absolute Gasteiger partial charge is 0.496 e. The summed E-state index contributed by atoms with van der Waals surface area (Å²) >= 11 is 0. The second-order valence-electron chi connectivity index (χ2n) is 7.03. The van der Waals surface area contributed by atoms with E-state index in [0.717, 1.165) is 35.5 Å². The third-order valence-electron chi connectivity index (χ3n) is 5.15. The highest BCUT2D eigenvalue weighted by Gasteiger charge is 2.24. The van der Waals surface area contributed by atoms with Crippen LogP contribution in [0.25, 0.3) is 0 Å². The van der Waals surface area contributed by atoms with Crippen LogP contribution in [0.15, 0.2) is 30.5 Å². The van der Waals surface area contributed by atoms with Crippen LogP contribution >= 0.6 is 0 Å². The Hall–Kier alpha value is -2.76. The predicted octanol–water partition coefficient (Wildman–Crippen LogP) is 2.96. The highest BCUT2D eigenvalue weighted by molar-refractivity contribution is 5.74. The highest BCUT2D eigenvalue weighted by atomic mass is 16.5. The van der Waals surface area contributed by atoms with Crippen molar-refractivity contribution in [2.24, 2.45) is 0 Å². The number of carbonyl (C=O) groups excluding carboxylic acids is 1. The van der Waals surface area contributed by atoms with Gasteiger partial charge in [0.1, 0.15) is 5.75 Å². The fourth-order valence-corrected chi connectivity index (χ4v) is 3.74. The molecule has 0 fully saturated rings. The van der Waals surface area contributed by atoms with Crippen LogP contribution in [0.1, 0.15) is 29.3 Å². The van der Waals surface area contributed by atoms with E-state index in [1.807, 2.05) is 13.8 Å². The summed E-state index contributed by atoms with van der Waals surface area (Å²) in [6.45, 7) is 7.89. The average Bonchev–Trinajstić information content (AvgIpc) is 2.97. The zero-order chi connectivity index (χ0) is 19.4. The third kappa shape index (κ3) is 4.15. The minimum Gasteiger partial charge on any atom is -0.496 e. The van der Waals surface area contributed by atoms with Crippen molar-refractivity contribution in [1.82, 2.24) is 15.6 Å². The van der Waals surface area contributed by atoms with Crippen molar-refractivity contribution in [2.75, 3.05) is 25.1 Å². The van der Waals surface area contributed by atoms with E-state index in [-0.39, 0.29) is 6.03 Å². The number of hydrogen-bond acceptors (Lipinski definition) is 4. The number of hydrogen-bond donors (Lipinski definition) is 2. The molecule has 3 rings (SSSR count). The van der Waals surface area contributed by atoms with Crippen LogP contribution in [-0.4, -0.2) is 37.3 Å². The molecule has 0 radical (unpaired) electrons. The van der Waals surface area contributed by atoms with Gasteiger partial charge in [0.25, 0.3) is 0 Å². The molecule has 0 spiro atoms. The molecule has 144 valence electrons. The first-order chi connectivity index (χ1) is 13.0. The summed E-state index contributed by atoms with van der Waals surface area (Å²) in [5.41, 5.74) is 5.42. The number of rotatable bonds is 6. The Morgan fingerprint density at radius 2 is 2.07 bits per heavy atom. The number of methoxy groups -OCH3 is 1. The van der Waals surface area contributed by atoms with Crippen molar-refractivity contribution >= 4 is 11.7 Å². The number of pyridine rings is 1. The van der Waals surface area contributed by atoms with Gasteiger partial charge in [-0.2, -0.15) is 0 Å². The van der Waals surface area contributed by atoms with E-state index in [9.17, 15) is 4.79 Å². The number of fused-ring (bicyclic) bond motifs is 1. The van der Waals surface area contributed by atoms with Crippen LogP contribution in [0.4, 0.5) is 10.5 Å². The van der Waals surface area contributed by atoms with E-state index in [2.05, 4.69) is 51.7 Å². The van der Waals surface area contributed by atoms with Crippen LogP contribution in [0.5, 0.6) is 5.75 Å². The summed E-state index contributed by atoms with van der Waals surface area (Å²) in [4.78, 5) is 18.9. The van der Waals surface area contributed by atoms with E-state index in [4.69, 9.17) is 4.74 Å². The quantitative estimate of drug-likeness (QED) is 0.823. The molecule has 2 heterocycles. The van der Waals surface area contributed by atoms with Gasteiger partial charge in [0.15, 0.2) is 0 Å². The van der Waals surface area contributed by atoms with Gasteiger partial charge in [0.2, 0.25) is 0 Å². The van der Waals surface area contributed by atoms with Gasteiger partial charge >= 0.3 is 6.03 Å². The average molecular weight is 368 g/mol. The zero-order valence-corrected chi connectivity index (χ0v) is 16.5. The lowest BCUT2D eigenvalue weighted by Gasteiger charge is -2.25. The monoisotopic (exact) mass is 368 g/mol. The van der Waals surface area contributed by atoms with Gasteiger partial charge in [0, 0.05) is 42.1 Å². The normalized spacial score (nSPS) is 15.4. The Kier molecular flexibility index (Phi) is 5.84. The molecule has 1 aromatic carbocycles. The molecule has 1 atom stereocenters. The molecule has 6 nitrogen and oxygen atoms in total. The maximum atomic E-state index is 12.2. The minimum atomic E-state index is -0.184. The van der Waals surface area contributed by atoms with E-state index in [0.29, 0.717) is 19.1 Å². The minimum absolute atomic E-state index is 0.184. The van der Waals surface area contributed by atoms with Gasteiger partial charge in [0.05, 0.1) is 19.3 Å². The van der Waals surface area contributed by atoms with Crippen molar-refractivity contribution in [1.29, 1.82) is 0 Å². The molecule has 1 aliphatic rings. The Morgan fingerprint density at radius 1 is 1.30 bits per heavy atom. The number of urea groups is 1. The van der Waals surface area contributed by atoms with Crippen molar-refractivity contribution < 1.29 is 9.53 Å². The van der Waals surface area contributed by atoms with Crippen molar-refractivity contribution in [2.45, 2.75) is 39.8 Å². The summed E-state index contributed by atoms with van der Waals surface area (Å²) < 4.78 is 5.41. The molecule has 2 N–H and O–H groups in total. The summed E-state index contributed by atoms with van der Waals surface area (Å²) in [6, 6.07) is 8.75. The van der Waals surface area contributed by atoms with E-state index in [1.54, 1.807) is 13.3 Å². The fourth-order valence-electron chi connectivity index (χ4n) is 3.74. The van der Waals surface area contributed by atoms with E-state index >= 15 is 0 Å². The van der Waals surface area contributed by atoms with Gasteiger partial charge in [-0.1, -0.05) is 18.2 Å². The maximum absolute atomic E-state index is 12.2. The Bertz CT molecular complexity index is 822. The topological polar surface area (TPSA) is 66.5 Å². The second-order valence-corrected chi connectivity index (χ2v) is 7.03. The number of carbonyl (C=O) groups is 1. The number of nitrogens with one attached hydrogen (secondary N) is 2. The van der Waals surface area contributed by atoms with Crippen molar-refractivity contribution in [3.05, 3.63) is 52.8 Å². The number of aryl methyl sites for hydroxylation is 1. The summed E-state index contributed by atoms with van der Waals surface area (Å²) in [5, 5.41) is 5.82. The van der Waals surface area contributed by atoms with Gasteiger partial charge in [-0.25, -0.2) is 4.79 Å². The van der Waals surface area contributed by atoms with Crippen LogP contribution < -0.4 is 20.3 Å². The highest BCUT2D eigenvalue weighted by Crippen LogP contribution is 2.31. The second kappa shape index (κ2) is 8.29. The number of anilines is 1. The molecule has 1 aliphatic heterocycles. The molecule has 27 heavy (non-hydrogen) atoms. The lowest BCUT2D eigenvalue weighted by Crippen LogP contribution is -2.41. The molecule has 2 amide bonds. The molecule has 0 bridgehead atoms. The Balaban J connectivity index is 1.48. The van der Waals surface area contributed by atoms with Crippen LogP contribution in [0.2, 0.25) is 0 Å². The zero-order valence-electron chi connectivity index (χ0n) is 16.5. The Labute approximate surface area is 160 Å². The number of ether oxygens (including phenoxy) is 1. The lowest BCUT2D eigenvalue weighted by atomic mass is 10.1. The van der Waals surface area contributed by atoms with Gasteiger partial charge in [-0.05, 0) is 38.8 Å². The van der Waals surface area contributed by atoms with Crippen LogP contribution in [0, 0.1) is 13.8 Å². The maximum Gasteiger partial charge on any atom is 0.315 e. The van der Waals surface area contributed by atoms with Crippen molar-refractivity contribution in [3.63, 3.8) is 0 Å². The summed E-state index contributed by atoms with van der Waals surface area (Å²) in [6.07, 6.45) is 2.83. The number of para-hydroxylation sites is 1. The summed E-state index contributed by atoms with van der Waals surface area (Å²) in [7, 11) is 1.65. The molecule has 0 unspecified atom stereocenters. The number of nitrogens with zero attached hydrogens (tertiary/aromatic N) is 2. The van der Waals surface area contributed by atoms with E-state index < -0.39 is 0 Å². The number of amides is 2.